The standard InChI is InChI=1S/C5H12N2O2S/c1-4(10-2)7-5(8)3-9-6/h4H,3,6H2,1-2H3,(H,7,8). The van der Waals surface area contributed by atoms with E-state index in [0.29, 0.717) is 0 Å². The topological polar surface area (TPSA) is 64.3 Å². The van der Waals surface area contributed by atoms with Crippen molar-refractivity contribution >= 4 is 17.7 Å². The minimum Gasteiger partial charge on any atom is -0.343 e. The van der Waals surface area contributed by atoms with Crippen molar-refractivity contribution < 1.29 is 9.63 Å². The zero-order valence-electron chi connectivity index (χ0n) is 6.09. The lowest BCUT2D eigenvalue weighted by molar-refractivity contribution is -0.125. The number of amides is 1. The number of carbonyl (C=O) groups is 1. The average Bonchev–Trinajstić information content (AvgIpc) is 1.88. The minimum absolute atomic E-state index is 0.0785. The van der Waals surface area contributed by atoms with Crippen LogP contribution in [0, 0.1) is 0 Å². The fourth-order valence-electron chi connectivity index (χ4n) is 0.403. The van der Waals surface area contributed by atoms with Crippen molar-refractivity contribution in [1.82, 2.24) is 5.32 Å². The van der Waals surface area contributed by atoms with Gasteiger partial charge in [0.15, 0.2) is 0 Å². The van der Waals surface area contributed by atoms with Crippen LogP contribution in [0.15, 0.2) is 0 Å². The van der Waals surface area contributed by atoms with Gasteiger partial charge in [-0.15, -0.1) is 11.8 Å². The second-order valence-electron chi connectivity index (χ2n) is 1.76. The van der Waals surface area contributed by atoms with E-state index in [0.717, 1.165) is 0 Å². The summed E-state index contributed by atoms with van der Waals surface area (Å²) >= 11 is 1.55. The van der Waals surface area contributed by atoms with Crippen molar-refractivity contribution in [3.63, 3.8) is 0 Å². The third-order valence-electron chi connectivity index (χ3n) is 0.932. The van der Waals surface area contributed by atoms with E-state index >= 15 is 0 Å². The summed E-state index contributed by atoms with van der Waals surface area (Å²) in [6.45, 7) is 1.81. The molecule has 60 valence electrons. The molecule has 3 N–H and O–H groups in total. The Hall–Kier alpha value is -0.260. The van der Waals surface area contributed by atoms with Gasteiger partial charge in [0.25, 0.3) is 0 Å². The lowest BCUT2D eigenvalue weighted by Crippen LogP contribution is -2.33. The highest BCUT2D eigenvalue weighted by Crippen LogP contribution is 1.99. The Balaban J connectivity index is 3.37. The zero-order chi connectivity index (χ0) is 7.98. The Morgan fingerprint density at radius 3 is 2.90 bits per heavy atom. The molecule has 0 saturated heterocycles. The largest absolute Gasteiger partial charge is 0.343 e. The fraction of sp³-hybridized carbons (Fsp3) is 0.800. The van der Waals surface area contributed by atoms with Crippen LogP contribution >= 0.6 is 11.8 Å². The first-order valence-electron chi connectivity index (χ1n) is 2.84. The van der Waals surface area contributed by atoms with Gasteiger partial charge in [0, 0.05) is 0 Å². The van der Waals surface area contributed by atoms with Gasteiger partial charge in [-0.2, -0.15) is 0 Å². The third kappa shape index (κ3) is 4.60. The Morgan fingerprint density at radius 1 is 1.90 bits per heavy atom. The summed E-state index contributed by atoms with van der Waals surface area (Å²) in [6.07, 6.45) is 1.91. The summed E-state index contributed by atoms with van der Waals surface area (Å²) in [4.78, 5) is 14.8. The summed E-state index contributed by atoms with van der Waals surface area (Å²) < 4.78 is 0. The predicted octanol–water partition coefficient (Wildman–Crippen LogP) is -0.298. The SMILES string of the molecule is CSC(C)NC(=O)CON. The molecule has 1 atom stereocenters. The first-order valence-corrected chi connectivity index (χ1v) is 4.13. The van der Waals surface area contributed by atoms with E-state index in [1.165, 1.54) is 0 Å². The van der Waals surface area contributed by atoms with Crippen LogP contribution in [0.2, 0.25) is 0 Å². The molecule has 0 fully saturated rings. The van der Waals surface area contributed by atoms with Gasteiger partial charge in [-0.1, -0.05) is 0 Å². The van der Waals surface area contributed by atoms with Gasteiger partial charge in [-0.25, -0.2) is 5.90 Å². The molecule has 10 heavy (non-hydrogen) atoms. The van der Waals surface area contributed by atoms with Gasteiger partial charge in [-0.05, 0) is 13.2 Å². The van der Waals surface area contributed by atoms with E-state index in [9.17, 15) is 4.79 Å². The van der Waals surface area contributed by atoms with E-state index in [2.05, 4.69) is 16.1 Å². The van der Waals surface area contributed by atoms with Crippen LogP contribution < -0.4 is 11.2 Å². The molecule has 0 spiro atoms. The molecular weight excluding hydrogens is 152 g/mol. The van der Waals surface area contributed by atoms with Crippen LogP contribution in [-0.2, 0) is 9.63 Å². The molecule has 1 amide bonds. The first kappa shape index (κ1) is 9.74. The molecule has 1 unspecified atom stereocenters. The highest BCUT2D eigenvalue weighted by molar-refractivity contribution is 7.99. The lowest BCUT2D eigenvalue weighted by atomic mass is 10.6. The summed E-state index contributed by atoms with van der Waals surface area (Å²) in [5.41, 5.74) is 0. The van der Waals surface area contributed by atoms with Crippen molar-refractivity contribution in [3.05, 3.63) is 0 Å². The monoisotopic (exact) mass is 164 g/mol. The van der Waals surface area contributed by atoms with Gasteiger partial charge in [0.05, 0.1) is 5.37 Å². The van der Waals surface area contributed by atoms with E-state index in [-0.39, 0.29) is 17.9 Å². The van der Waals surface area contributed by atoms with Gasteiger partial charge >= 0.3 is 0 Å². The van der Waals surface area contributed by atoms with Gasteiger partial charge < -0.3 is 5.32 Å². The molecule has 0 aromatic heterocycles. The second kappa shape index (κ2) is 5.52. The number of hydrogen-bond acceptors (Lipinski definition) is 4. The van der Waals surface area contributed by atoms with Crippen LogP contribution in [0.5, 0.6) is 0 Å². The number of nitrogens with one attached hydrogen (secondary N) is 1. The van der Waals surface area contributed by atoms with E-state index in [4.69, 9.17) is 0 Å². The summed E-state index contributed by atoms with van der Waals surface area (Å²) in [6, 6.07) is 0. The predicted molar refractivity (Wildman–Crippen MR) is 41.3 cm³/mol. The van der Waals surface area contributed by atoms with Crippen molar-refractivity contribution in [2.75, 3.05) is 12.9 Å². The van der Waals surface area contributed by atoms with Crippen LogP contribution in [0.3, 0.4) is 0 Å². The van der Waals surface area contributed by atoms with Crippen LogP contribution in [0.4, 0.5) is 0 Å². The molecule has 4 nitrogen and oxygen atoms in total. The molecule has 0 heterocycles. The average molecular weight is 164 g/mol. The maximum absolute atomic E-state index is 10.7. The smallest absolute Gasteiger partial charge is 0.248 e. The number of hydrogen-bond donors (Lipinski definition) is 2. The molecule has 0 bridgehead atoms. The quantitative estimate of drug-likeness (QED) is 0.442. The third-order valence-corrected chi connectivity index (χ3v) is 1.76. The van der Waals surface area contributed by atoms with Crippen LogP contribution in [-0.4, -0.2) is 24.1 Å². The molecule has 5 heteroatoms. The molecule has 0 rings (SSSR count). The Labute approximate surface area is 64.4 Å². The summed E-state index contributed by atoms with van der Waals surface area (Å²) in [7, 11) is 0. The fourth-order valence-corrected chi connectivity index (χ4v) is 0.652. The molecule has 0 radical (unpaired) electrons. The maximum Gasteiger partial charge on any atom is 0.248 e. The van der Waals surface area contributed by atoms with Crippen LogP contribution in [0.1, 0.15) is 6.92 Å². The van der Waals surface area contributed by atoms with Crippen molar-refractivity contribution in [3.8, 4) is 0 Å². The van der Waals surface area contributed by atoms with Gasteiger partial charge in [0.2, 0.25) is 5.91 Å². The van der Waals surface area contributed by atoms with Crippen molar-refractivity contribution in [2.45, 2.75) is 12.3 Å². The molecule has 0 aliphatic heterocycles. The Bertz CT molecular complexity index is 110. The second-order valence-corrected chi connectivity index (χ2v) is 2.93. The van der Waals surface area contributed by atoms with Gasteiger partial charge in [-0.3, -0.25) is 9.63 Å². The van der Waals surface area contributed by atoms with Gasteiger partial charge in [0.1, 0.15) is 6.61 Å². The highest BCUT2D eigenvalue weighted by Gasteiger charge is 2.03. The van der Waals surface area contributed by atoms with E-state index in [1.54, 1.807) is 11.8 Å². The Kier molecular flexibility index (Phi) is 5.38. The maximum atomic E-state index is 10.7. The summed E-state index contributed by atoms with van der Waals surface area (Å²) in [5.74, 6) is 4.49. The normalized spacial score (nSPS) is 12.7. The highest BCUT2D eigenvalue weighted by atomic mass is 32.2. The summed E-state index contributed by atoms with van der Waals surface area (Å²) in [5, 5.41) is 2.76. The van der Waals surface area contributed by atoms with Crippen molar-refractivity contribution in [1.29, 1.82) is 0 Å². The Morgan fingerprint density at radius 2 is 2.50 bits per heavy atom. The molecule has 0 aromatic rings. The molecule has 0 saturated carbocycles. The van der Waals surface area contributed by atoms with E-state index < -0.39 is 0 Å². The number of rotatable bonds is 4. The molecule has 0 aromatic carbocycles. The van der Waals surface area contributed by atoms with Crippen molar-refractivity contribution in [2.24, 2.45) is 5.90 Å². The number of thioether (sulfide) groups is 1. The molecular formula is C5H12N2O2S. The van der Waals surface area contributed by atoms with Crippen LogP contribution in [0.25, 0.3) is 0 Å². The lowest BCUT2D eigenvalue weighted by Gasteiger charge is -2.09. The minimum atomic E-state index is -0.190. The number of nitrogens with two attached hydrogens (primary N) is 1. The molecule has 0 aliphatic rings. The number of carbonyl (C=O) groups excluding carboxylic acids is 1. The van der Waals surface area contributed by atoms with E-state index in [1.807, 2.05) is 13.2 Å². The first-order chi connectivity index (χ1) is 4.70. The zero-order valence-corrected chi connectivity index (χ0v) is 6.90. The molecule has 0 aliphatic carbocycles.